The molecule has 0 unspecified atom stereocenters. The topological polar surface area (TPSA) is 37.3 Å². The first kappa shape index (κ1) is 12.6. The van der Waals surface area contributed by atoms with Crippen LogP contribution in [0.4, 0.5) is 0 Å². The lowest BCUT2D eigenvalue weighted by atomic mass is 10.1. The number of aliphatic carboxylic acids is 1. The molecular weight excluding hydrogens is 208 g/mol. The van der Waals surface area contributed by atoms with Crippen LogP contribution in [-0.4, -0.2) is 22.6 Å². The highest BCUT2D eigenvalue weighted by Crippen LogP contribution is 2.27. The van der Waals surface area contributed by atoms with Crippen molar-refractivity contribution in [3.63, 3.8) is 0 Å². The van der Waals surface area contributed by atoms with Crippen molar-refractivity contribution in [3.8, 4) is 0 Å². The first-order chi connectivity index (χ1) is 7.24. The van der Waals surface area contributed by atoms with Gasteiger partial charge in [0.1, 0.15) is 0 Å². The fraction of sp³-hybridized carbons (Fsp3) is 0.750. The molecule has 15 heavy (non-hydrogen) atoms. The van der Waals surface area contributed by atoms with Crippen molar-refractivity contribution < 1.29 is 9.90 Å². The van der Waals surface area contributed by atoms with Gasteiger partial charge >= 0.3 is 5.97 Å². The van der Waals surface area contributed by atoms with E-state index in [1.54, 1.807) is 0 Å². The monoisotopic (exact) mass is 228 g/mol. The smallest absolute Gasteiger partial charge is 0.331 e. The van der Waals surface area contributed by atoms with Gasteiger partial charge in [0, 0.05) is 11.3 Å². The van der Waals surface area contributed by atoms with Gasteiger partial charge in [-0.05, 0) is 30.9 Å². The van der Waals surface area contributed by atoms with Crippen molar-refractivity contribution in [2.75, 3.05) is 11.5 Å². The maximum Gasteiger partial charge on any atom is 0.331 e. The van der Waals surface area contributed by atoms with E-state index in [1.165, 1.54) is 31.4 Å². The molecule has 1 fully saturated rings. The summed E-state index contributed by atoms with van der Waals surface area (Å²) in [7, 11) is 0. The number of rotatable bonds is 6. The molecule has 0 spiro atoms. The summed E-state index contributed by atoms with van der Waals surface area (Å²) in [6.45, 7) is 1.89. The molecule has 0 aromatic carbocycles. The Morgan fingerprint density at radius 1 is 1.47 bits per heavy atom. The fourth-order valence-electron chi connectivity index (χ4n) is 1.95. The van der Waals surface area contributed by atoms with Gasteiger partial charge in [-0.3, -0.25) is 0 Å². The van der Waals surface area contributed by atoms with E-state index in [9.17, 15) is 4.79 Å². The SMILES string of the molecule is CCC(=CCSCC1CCCC1)C(=O)O. The van der Waals surface area contributed by atoms with Gasteiger partial charge in [-0.25, -0.2) is 4.79 Å². The lowest BCUT2D eigenvalue weighted by Gasteiger charge is -2.06. The Morgan fingerprint density at radius 2 is 2.13 bits per heavy atom. The van der Waals surface area contributed by atoms with E-state index in [0.717, 1.165) is 11.7 Å². The number of carboxylic acid groups (broad SMARTS) is 1. The normalized spacial score (nSPS) is 18.3. The second kappa shape index (κ2) is 6.94. The summed E-state index contributed by atoms with van der Waals surface area (Å²) in [5.41, 5.74) is 0.550. The van der Waals surface area contributed by atoms with Crippen LogP contribution in [0.25, 0.3) is 0 Å². The minimum atomic E-state index is -0.765. The molecule has 0 bridgehead atoms. The van der Waals surface area contributed by atoms with E-state index < -0.39 is 5.97 Å². The maximum atomic E-state index is 10.7. The number of carboxylic acids is 1. The Morgan fingerprint density at radius 3 is 2.67 bits per heavy atom. The summed E-state index contributed by atoms with van der Waals surface area (Å²) in [5.74, 6) is 2.18. The Labute approximate surface area is 96.1 Å². The van der Waals surface area contributed by atoms with E-state index >= 15 is 0 Å². The van der Waals surface area contributed by atoms with Crippen LogP contribution in [0.3, 0.4) is 0 Å². The van der Waals surface area contributed by atoms with Crippen molar-refractivity contribution in [1.29, 1.82) is 0 Å². The molecule has 1 aliphatic carbocycles. The van der Waals surface area contributed by atoms with Crippen LogP contribution >= 0.6 is 11.8 Å². The van der Waals surface area contributed by atoms with Crippen LogP contribution in [-0.2, 0) is 4.79 Å². The molecule has 86 valence electrons. The molecule has 3 heteroatoms. The molecule has 0 aliphatic heterocycles. The maximum absolute atomic E-state index is 10.7. The first-order valence-corrected chi connectivity index (χ1v) is 6.89. The van der Waals surface area contributed by atoms with Gasteiger partial charge in [-0.15, -0.1) is 0 Å². The van der Waals surface area contributed by atoms with Gasteiger partial charge in [-0.1, -0.05) is 25.8 Å². The zero-order valence-corrected chi connectivity index (χ0v) is 10.2. The molecule has 0 atom stereocenters. The van der Waals surface area contributed by atoms with Crippen LogP contribution in [0.5, 0.6) is 0 Å². The van der Waals surface area contributed by atoms with Crippen molar-refractivity contribution in [3.05, 3.63) is 11.6 Å². The second-order valence-corrected chi connectivity index (χ2v) is 5.15. The zero-order chi connectivity index (χ0) is 11.1. The third-order valence-electron chi connectivity index (χ3n) is 2.93. The fourth-order valence-corrected chi connectivity index (χ4v) is 3.08. The molecule has 1 rings (SSSR count). The molecule has 1 N–H and O–H groups in total. The van der Waals surface area contributed by atoms with Crippen molar-refractivity contribution >= 4 is 17.7 Å². The third-order valence-corrected chi connectivity index (χ3v) is 4.04. The summed E-state index contributed by atoms with van der Waals surface area (Å²) >= 11 is 1.87. The molecule has 0 aromatic heterocycles. The molecule has 0 radical (unpaired) electrons. The minimum Gasteiger partial charge on any atom is -0.478 e. The molecule has 1 aliphatic rings. The van der Waals surface area contributed by atoms with E-state index in [1.807, 2.05) is 24.8 Å². The van der Waals surface area contributed by atoms with Crippen LogP contribution < -0.4 is 0 Å². The average Bonchev–Trinajstić information content (AvgIpc) is 2.70. The summed E-state index contributed by atoms with van der Waals surface area (Å²) in [5, 5.41) is 8.81. The number of carbonyl (C=O) groups is 1. The van der Waals surface area contributed by atoms with Gasteiger partial charge in [0.15, 0.2) is 0 Å². The number of thioether (sulfide) groups is 1. The molecule has 0 aromatic rings. The average molecular weight is 228 g/mol. The number of hydrogen-bond donors (Lipinski definition) is 1. The Kier molecular flexibility index (Phi) is 5.84. The summed E-state index contributed by atoms with van der Waals surface area (Å²) in [6.07, 6.45) is 8.00. The van der Waals surface area contributed by atoms with Crippen molar-refractivity contribution in [1.82, 2.24) is 0 Å². The first-order valence-electron chi connectivity index (χ1n) is 5.74. The van der Waals surface area contributed by atoms with Gasteiger partial charge in [0.05, 0.1) is 0 Å². The van der Waals surface area contributed by atoms with Crippen LogP contribution in [0, 0.1) is 5.92 Å². The van der Waals surface area contributed by atoms with Gasteiger partial charge < -0.3 is 5.11 Å². The predicted octanol–water partition coefficient (Wildman–Crippen LogP) is 3.33. The summed E-state index contributed by atoms with van der Waals surface area (Å²) in [6, 6.07) is 0. The molecule has 0 amide bonds. The Bertz CT molecular complexity index is 230. The van der Waals surface area contributed by atoms with E-state index in [0.29, 0.717) is 12.0 Å². The highest BCUT2D eigenvalue weighted by molar-refractivity contribution is 7.99. The zero-order valence-electron chi connectivity index (χ0n) is 9.37. The van der Waals surface area contributed by atoms with Gasteiger partial charge in [0.2, 0.25) is 0 Å². The third kappa shape index (κ3) is 4.74. The van der Waals surface area contributed by atoms with E-state index in [4.69, 9.17) is 5.11 Å². The molecule has 0 saturated heterocycles. The highest BCUT2D eigenvalue weighted by Gasteiger charge is 2.14. The molecular formula is C12H20O2S. The summed E-state index contributed by atoms with van der Waals surface area (Å²) in [4.78, 5) is 10.7. The Balaban J connectivity index is 2.16. The van der Waals surface area contributed by atoms with Gasteiger partial charge in [-0.2, -0.15) is 11.8 Å². The van der Waals surface area contributed by atoms with Crippen LogP contribution in [0.2, 0.25) is 0 Å². The second-order valence-electron chi connectivity index (χ2n) is 4.08. The van der Waals surface area contributed by atoms with Crippen molar-refractivity contribution in [2.24, 2.45) is 5.92 Å². The van der Waals surface area contributed by atoms with E-state index in [2.05, 4.69) is 0 Å². The summed E-state index contributed by atoms with van der Waals surface area (Å²) < 4.78 is 0. The predicted molar refractivity (Wildman–Crippen MR) is 65.3 cm³/mol. The van der Waals surface area contributed by atoms with Gasteiger partial charge in [0.25, 0.3) is 0 Å². The Hall–Kier alpha value is -0.440. The van der Waals surface area contributed by atoms with E-state index in [-0.39, 0.29) is 0 Å². The molecule has 1 saturated carbocycles. The lowest BCUT2D eigenvalue weighted by Crippen LogP contribution is -2.01. The quantitative estimate of drug-likeness (QED) is 0.559. The lowest BCUT2D eigenvalue weighted by molar-refractivity contribution is -0.132. The van der Waals surface area contributed by atoms with Crippen molar-refractivity contribution in [2.45, 2.75) is 39.0 Å². The highest BCUT2D eigenvalue weighted by atomic mass is 32.2. The van der Waals surface area contributed by atoms with Crippen LogP contribution in [0.15, 0.2) is 11.6 Å². The standard InChI is InChI=1S/C12H20O2S/c1-2-11(12(13)14)7-8-15-9-10-5-3-4-6-10/h7,10H,2-6,8-9H2,1H3,(H,13,14). The number of hydrogen-bond acceptors (Lipinski definition) is 2. The largest absolute Gasteiger partial charge is 0.478 e. The molecule has 2 nitrogen and oxygen atoms in total. The van der Waals surface area contributed by atoms with Crippen LogP contribution in [0.1, 0.15) is 39.0 Å². The minimum absolute atomic E-state index is 0.550. The molecule has 0 heterocycles.